The highest BCUT2D eigenvalue weighted by molar-refractivity contribution is 7.84. The third-order valence-corrected chi connectivity index (χ3v) is 5.93. The van der Waals surface area contributed by atoms with Crippen molar-refractivity contribution < 1.29 is 9.00 Å². The lowest BCUT2D eigenvalue weighted by atomic mass is 10.0. The van der Waals surface area contributed by atoms with Crippen molar-refractivity contribution in [2.24, 2.45) is 0 Å². The van der Waals surface area contributed by atoms with Gasteiger partial charge in [-0.3, -0.25) is 14.3 Å². The molecule has 27 heavy (non-hydrogen) atoms. The van der Waals surface area contributed by atoms with Crippen molar-refractivity contribution in [1.29, 1.82) is 0 Å². The molecule has 0 saturated carbocycles. The van der Waals surface area contributed by atoms with Crippen LogP contribution >= 0.6 is 11.3 Å². The van der Waals surface area contributed by atoms with Crippen molar-refractivity contribution in [3.05, 3.63) is 77.7 Å². The molecule has 0 radical (unpaired) electrons. The maximum Gasteiger partial charge on any atom is 0.257 e. The maximum atomic E-state index is 12.4. The summed E-state index contributed by atoms with van der Waals surface area (Å²) < 4.78 is 11.5. The monoisotopic (exact) mass is 392 g/mol. The van der Waals surface area contributed by atoms with Crippen LogP contribution in [-0.4, -0.2) is 21.4 Å². The molecule has 6 heteroatoms. The van der Waals surface area contributed by atoms with Crippen LogP contribution in [0, 0.1) is 0 Å². The number of benzene rings is 3. The summed E-state index contributed by atoms with van der Waals surface area (Å²) in [6.45, 7) is 0. The summed E-state index contributed by atoms with van der Waals surface area (Å²) in [7, 11) is -1.06. The molecule has 1 atom stereocenters. The molecule has 1 N–H and O–H groups in total. The smallest absolute Gasteiger partial charge is 0.257 e. The molecule has 0 spiro atoms. The number of amides is 1. The van der Waals surface area contributed by atoms with Gasteiger partial charge in [0.25, 0.3) is 5.91 Å². The summed E-state index contributed by atoms with van der Waals surface area (Å²) in [5.74, 6) is -0.234. The van der Waals surface area contributed by atoms with Gasteiger partial charge in [-0.2, -0.15) is 0 Å². The van der Waals surface area contributed by atoms with E-state index in [1.807, 2.05) is 29.6 Å². The van der Waals surface area contributed by atoms with Gasteiger partial charge in [0.1, 0.15) is 0 Å². The Bertz CT molecular complexity index is 1150. The first-order valence-corrected chi connectivity index (χ1v) is 10.7. The fourth-order valence-electron chi connectivity index (χ4n) is 2.87. The zero-order valence-electron chi connectivity index (χ0n) is 14.5. The molecule has 4 aromatic rings. The van der Waals surface area contributed by atoms with E-state index in [1.54, 1.807) is 30.5 Å². The van der Waals surface area contributed by atoms with Crippen molar-refractivity contribution in [1.82, 2.24) is 4.98 Å². The highest BCUT2D eigenvalue weighted by atomic mass is 32.2. The number of nitrogens with one attached hydrogen (secondary N) is 1. The predicted molar refractivity (Wildman–Crippen MR) is 112 cm³/mol. The van der Waals surface area contributed by atoms with Gasteiger partial charge in [0, 0.05) is 38.5 Å². The van der Waals surface area contributed by atoms with Crippen LogP contribution in [0.15, 0.2) is 77.0 Å². The molecule has 1 amide bonds. The first kappa shape index (κ1) is 17.6. The second-order valence-electron chi connectivity index (χ2n) is 6.00. The van der Waals surface area contributed by atoms with Crippen LogP contribution in [-0.2, 0) is 10.8 Å². The average molecular weight is 393 g/mol. The summed E-state index contributed by atoms with van der Waals surface area (Å²) in [6.07, 6.45) is 1.61. The van der Waals surface area contributed by atoms with Crippen LogP contribution in [0.4, 0.5) is 5.13 Å². The molecule has 1 aromatic heterocycles. The van der Waals surface area contributed by atoms with Crippen molar-refractivity contribution in [3.8, 4) is 11.3 Å². The topological polar surface area (TPSA) is 59.1 Å². The van der Waals surface area contributed by atoms with Crippen LogP contribution in [0.2, 0.25) is 0 Å². The van der Waals surface area contributed by atoms with Gasteiger partial charge in [0.05, 0.1) is 5.69 Å². The zero-order chi connectivity index (χ0) is 18.8. The Morgan fingerprint density at radius 1 is 1.00 bits per heavy atom. The number of thiazole rings is 1. The van der Waals surface area contributed by atoms with Gasteiger partial charge in [0.2, 0.25) is 0 Å². The van der Waals surface area contributed by atoms with Crippen LogP contribution in [0.1, 0.15) is 10.4 Å². The van der Waals surface area contributed by atoms with E-state index in [0.29, 0.717) is 15.6 Å². The summed E-state index contributed by atoms with van der Waals surface area (Å²) in [5.41, 5.74) is 2.38. The van der Waals surface area contributed by atoms with E-state index in [0.717, 1.165) is 22.0 Å². The summed E-state index contributed by atoms with van der Waals surface area (Å²) in [6, 6.07) is 21.0. The minimum atomic E-state index is -1.06. The normalized spacial score (nSPS) is 12.0. The van der Waals surface area contributed by atoms with E-state index >= 15 is 0 Å². The van der Waals surface area contributed by atoms with Gasteiger partial charge < -0.3 is 0 Å². The van der Waals surface area contributed by atoms with E-state index in [-0.39, 0.29) is 5.91 Å². The number of carbonyl (C=O) groups is 1. The van der Waals surface area contributed by atoms with E-state index in [1.165, 1.54) is 11.3 Å². The van der Waals surface area contributed by atoms with Crippen molar-refractivity contribution in [2.45, 2.75) is 4.90 Å². The molecule has 134 valence electrons. The molecular weight excluding hydrogens is 376 g/mol. The van der Waals surface area contributed by atoms with Gasteiger partial charge in [-0.1, -0.05) is 42.5 Å². The number of nitrogens with zero attached hydrogens (tertiary/aromatic N) is 1. The van der Waals surface area contributed by atoms with Crippen molar-refractivity contribution in [2.75, 3.05) is 11.6 Å². The van der Waals surface area contributed by atoms with E-state index in [9.17, 15) is 9.00 Å². The van der Waals surface area contributed by atoms with E-state index < -0.39 is 10.8 Å². The highest BCUT2D eigenvalue weighted by Gasteiger charge is 2.12. The number of rotatable bonds is 4. The number of hydrogen-bond donors (Lipinski definition) is 1. The third-order valence-electron chi connectivity index (χ3n) is 4.24. The second-order valence-corrected chi connectivity index (χ2v) is 8.23. The molecule has 4 nitrogen and oxygen atoms in total. The van der Waals surface area contributed by atoms with Gasteiger partial charge in [-0.25, -0.2) is 4.98 Å². The van der Waals surface area contributed by atoms with E-state index in [2.05, 4.69) is 28.5 Å². The molecule has 1 unspecified atom stereocenters. The molecule has 0 aliphatic heterocycles. The second kappa shape index (κ2) is 7.42. The van der Waals surface area contributed by atoms with Gasteiger partial charge >= 0.3 is 0 Å². The number of anilines is 1. The van der Waals surface area contributed by atoms with Gasteiger partial charge in [0.15, 0.2) is 5.13 Å². The van der Waals surface area contributed by atoms with Crippen LogP contribution in [0.3, 0.4) is 0 Å². The largest absolute Gasteiger partial charge is 0.298 e. The van der Waals surface area contributed by atoms with Crippen LogP contribution < -0.4 is 5.32 Å². The standard InChI is InChI=1S/C21H16N2O2S2/c1-27(25)16-11-9-15(10-12-16)20(24)23-21-22-19(13-26-21)18-8-4-6-14-5-2-3-7-17(14)18/h2-13H,1H3,(H,22,23,24). The average Bonchev–Trinajstić information content (AvgIpc) is 3.15. The Morgan fingerprint density at radius 3 is 2.52 bits per heavy atom. The first-order chi connectivity index (χ1) is 13.1. The first-order valence-electron chi connectivity index (χ1n) is 8.30. The van der Waals surface area contributed by atoms with Crippen molar-refractivity contribution in [3.63, 3.8) is 0 Å². The number of aromatic nitrogens is 1. The molecule has 0 aliphatic rings. The van der Waals surface area contributed by atoms with Crippen LogP contribution in [0.5, 0.6) is 0 Å². The Hall–Kier alpha value is -2.83. The molecule has 0 aliphatic carbocycles. The lowest BCUT2D eigenvalue weighted by Gasteiger charge is -2.04. The fraction of sp³-hybridized carbons (Fsp3) is 0.0476. The Kier molecular flexibility index (Phi) is 4.83. The van der Waals surface area contributed by atoms with E-state index in [4.69, 9.17) is 0 Å². The summed E-state index contributed by atoms with van der Waals surface area (Å²) in [4.78, 5) is 17.7. The highest BCUT2D eigenvalue weighted by Crippen LogP contribution is 2.31. The molecular formula is C21H16N2O2S2. The Balaban J connectivity index is 1.57. The lowest BCUT2D eigenvalue weighted by Crippen LogP contribution is -2.11. The molecule has 1 heterocycles. The quantitative estimate of drug-likeness (QED) is 0.534. The lowest BCUT2D eigenvalue weighted by molar-refractivity contribution is 0.102. The van der Waals surface area contributed by atoms with Crippen LogP contribution in [0.25, 0.3) is 22.0 Å². The molecule has 0 saturated heterocycles. The molecule has 0 bridgehead atoms. The minimum Gasteiger partial charge on any atom is -0.298 e. The maximum absolute atomic E-state index is 12.4. The molecule has 4 rings (SSSR count). The zero-order valence-corrected chi connectivity index (χ0v) is 16.1. The summed E-state index contributed by atoms with van der Waals surface area (Å²) >= 11 is 1.39. The predicted octanol–water partition coefficient (Wildman–Crippen LogP) is 4.95. The SMILES string of the molecule is CS(=O)c1ccc(C(=O)Nc2nc(-c3cccc4ccccc34)cs2)cc1. The van der Waals surface area contributed by atoms with Gasteiger partial charge in [-0.15, -0.1) is 11.3 Å². The van der Waals surface area contributed by atoms with Crippen molar-refractivity contribution >= 4 is 43.9 Å². The number of hydrogen-bond acceptors (Lipinski definition) is 4. The number of carbonyl (C=O) groups excluding carboxylic acids is 1. The summed E-state index contributed by atoms with van der Waals surface area (Å²) in [5, 5.41) is 7.62. The number of fused-ring (bicyclic) bond motifs is 1. The molecule has 3 aromatic carbocycles. The molecule has 0 fully saturated rings. The van der Waals surface area contributed by atoms with Gasteiger partial charge in [-0.05, 0) is 35.0 Å². The minimum absolute atomic E-state index is 0.234. The Morgan fingerprint density at radius 2 is 1.74 bits per heavy atom. The Labute approximate surface area is 163 Å². The third kappa shape index (κ3) is 3.67. The fourth-order valence-corrected chi connectivity index (χ4v) is 4.10.